The predicted molar refractivity (Wildman–Crippen MR) is 248 cm³/mol. The predicted octanol–water partition coefficient (Wildman–Crippen LogP) is 16.1. The number of aliphatic hydroxyl groups is 2. The quantitative estimate of drug-likeness (QED) is 0.0425. The van der Waals surface area contributed by atoms with Crippen LogP contribution in [0.25, 0.3) is 0 Å². The van der Waals surface area contributed by atoms with Crippen molar-refractivity contribution in [1.29, 1.82) is 0 Å². The van der Waals surface area contributed by atoms with Crippen LogP contribution < -0.4 is 5.32 Å². The van der Waals surface area contributed by atoms with Gasteiger partial charge < -0.3 is 15.5 Å². The third-order valence-corrected chi connectivity index (χ3v) is 11.6. The molecule has 0 spiro atoms. The molecule has 56 heavy (non-hydrogen) atoms. The molecule has 4 heteroatoms. The zero-order valence-corrected chi connectivity index (χ0v) is 37.9. The maximum atomic E-state index is 12.4. The van der Waals surface area contributed by atoms with E-state index in [0.717, 1.165) is 38.5 Å². The Hall–Kier alpha value is -1.39. The lowest BCUT2D eigenvalue weighted by Crippen LogP contribution is -2.45. The molecule has 0 bridgehead atoms. The second-order valence-electron chi connectivity index (χ2n) is 17.2. The highest BCUT2D eigenvalue weighted by Gasteiger charge is 2.17. The molecule has 0 radical (unpaired) electrons. The number of allylic oxidation sites excluding steroid dienone is 5. The van der Waals surface area contributed by atoms with Crippen molar-refractivity contribution in [2.75, 3.05) is 6.61 Å². The molecule has 3 N–H and O–H groups in total. The normalized spacial score (nSPS) is 13.1. The summed E-state index contributed by atoms with van der Waals surface area (Å²) < 4.78 is 0. The molecule has 0 aromatic heterocycles. The monoisotopic (exact) mass is 786 g/mol. The highest BCUT2D eigenvalue weighted by Crippen LogP contribution is 2.16. The first-order chi connectivity index (χ1) is 27.7. The van der Waals surface area contributed by atoms with Crippen LogP contribution in [0.2, 0.25) is 0 Å². The summed E-state index contributed by atoms with van der Waals surface area (Å²) in [4.78, 5) is 12.4. The van der Waals surface area contributed by atoms with E-state index in [1.807, 2.05) is 6.08 Å². The van der Waals surface area contributed by atoms with Crippen molar-refractivity contribution < 1.29 is 15.0 Å². The number of amides is 1. The molecule has 0 rings (SSSR count). The van der Waals surface area contributed by atoms with Crippen molar-refractivity contribution in [2.45, 2.75) is 283 Å². The Bertz CT molecular complexity index is 851. The standard InChI is InChI=1S/C52H99NO3/c1-3-5-7-9-11-13-15-17-19-21-23-24-25-26-27-28-30-31-33-35-37-39-41-43-45-47-51(55)50(49-54)53-52(56)48-46-44-42-40-38-36-34-32-29-22-20-18-16-14-12-10-8-6-4-2/h30-31,37,39,45,47,50-51,54-55H,3-29,32-36,38,40-44,46,48-49H2,1-2H3,(H,53,56)/b31-30+,39-37+,47-45+. The highest BCUT2D eigenvalue weighted by atomic mass is 16.3. The minimum atomic E-state index is -0.868. The van der Waals surface area contributed by atoms with Gasteiger partial charge in [-0.1, -0.05) is 256 Å². The molecule has 2 atom stereocenters. The number of rotatable bonds is 46. The van der Waals surface area contributed by atoms with Crippen LogP contribution in [0.5, 0.6) is 0 Å². The minimum Gasteiger partial charge on any atom is -0.394 e. The van der Waals surface area contributed by atoms with Crippen LogP contribution in [-0.4, -0.2) is 34.9 Å². The van der Waals surface area contributed by atoms with E-state index in [2.05, 4.69) is 43.5 Å². The van der Waals surface area contributed by atoms with E-state index in [1.165, 1.54) is 212 Å². The van der Waals surface area contributed by atoms with Gasteiger partial charge in [0.2, 0.25) is 5.91 Å². The number of nitrogens with one attached hydrogen (secondary N) is 1. The molecule has 0 aliphatic heterocycles. The van der Waals surface area contributed by atoms with E-state index >= 15 is 0 Å². The zero-order valence-electron chi connectivity index (χ0n) is 37.9. The number of hydrogen-bond donors (Lipinski definition) is 3. The van der Waals surface area contributed by atoms with E-state index in [0.29, 0.717) is 6.42 Å². The van der Waals surface area contributed by atoms with Gasteiger partial charge in [0, 0.05) is 6.42 Å². The van der Waals surface area contributed by atoms with Crippen LogP contribution in [0, 0.1) is 0 Å². The average Bonchev–Trinajstić information content (AvgIpc) is 3.20. The van der Waals surface area contributed by atoms with Crippen LogP contribution >= 0.6 is 0 Å². The summed E-state index contributed by atoms with van der Waals surface area (Å²) in [6, 6.07) is -0.643. The van der Waals surface area contributed by atoms with Gasteiger partial charge in [0.1, 0.15) is 0 Å². The van der Waals surface area contributed by atoms with Crippen molar-refractivity contribution in [2.24, 2.45) is 0 Å². The molecular formula is C52H99NO3. The first-order valence-corrected chi connectivity index (χ1v) is 25.2. The van der Waals surface area contributed by atoms with Crippen LogP contribution in [0.3, 0.4) is 0 Å². The topological polar surface area (TPSA) is 69.6 Å². The maximum Gasteiger partial charge on any atom is 0.220 e. The summed E-state index contributed by atoms with van der Waals surface area (Å²) in [6.07, 6.45) is 64.2. The molecule has 2 unspecified atom stereocenters. The molecular weight excluding hydrogens is 687 g/mol. The van der Waals surface area contributed by atoms with E-state index in [1.54, 1.807) is 6.08 Å². The van der Waals surface area contributed by atoms with Crippen molar-refractivity contribution in [3.05, 3.63) is 36.5 Å². The molecule has 0 fully saturated rings. The van der Waals surface area contributed by atoms with Crippen LogP contribution in [0.15, 0.2) is 36.5 Å². The number of carbonyl (C=O) groups excluding carboxylic acids is 1. The summed E-state index contributed by atoms with van der Waals surface area (Å²) in [5.74, 6) is -0.0738. The molecule has 0 aromatic carbocycles. The summed E-state index contributed by atoms with van der Waals surface area (Å²) >= 11 is 0. The highest BCUT2D eigenvalue weighted by molar-refractivity contribution is 5.76. The van der Waals surface area contributed by atoms with Gasteiger partial charge in [0.05, 0.1) is 18.8 Å². The molecule has 330 valence electrons. The van der Waals surface area contributed by atoms with Gasteiger partial charge in [-0.3, -0.25) is 4.79 Å². The number of carbonyl (C=O) groups is 1. The van der Waals surface area contributed by atoms with Crippen LogP contribution in [-0.2, 0) is 4.79 Å². The third kappa shape index (κ3) is 43.7. The van der Waals surface area contributed by atoms with Gasteiger partial charge in [-0.2, -0.15) is 0 Å². The molecule has 0 saturated carbocycles. The lowest BCUT2D eigenvalue weighted by Gasteiger charge is -2.19. The zero-order chi connectivity index (χ0) is 40.7. The van der Waals surface area contributed by atoms with Crippen LogP contribution in [0.1, 0.15) is 271 Å². The van der Waals surface area contributed by atoms with Crippen molar-refractivity contribution in [1.82, 2.24) is 5.32 Å². The molecule has 1 amide bonds. The molecule has 0 aliphatic rings. The fourth-order valence-corrected chi connectivity index (χ4v) is 7.74. The van der Waals surface area contributed by atoms with E-state index in [9.17, 15) is 15.0 Å². The minimum absolute atomic E-state index is 0.0738. The first-order valence-electron chi connectivity index (χ1n) is 25.2. The van der Waals surface area contributed by atoms with Crippen molar-refractivity contribution in [3.63, 3.8) is 0 Å². The Morgan fingerprint density at radius 3 is 1.04 bits per heavy atom. The number of aliphatic hydroxyl groups excluding tert-OH is 2. The summed E-state index contributed by atoms with van der Waals surface area (Å²) in [7, 11) is 0. The van der Waals surface area contributed by atoms with E-state index < -0.39 is 12.1 Å². The van der Waals surface area contributed by atoms with Gasteiger partial charge >= 0.3 is 0 Å². The van der Waals surface area contributed by atoms with Crippen molar-refractivity contribution in [3.8, 4) is 0 Å². The molecule has 4 nitrogen and oxygen atoms in total. The largest absolute Gasteiger partial charge is 0.394 e. The molecule has 0 heterocycles. The van der Waals surface area contributed by atoms with E-state index in [4.69, 9.17) is 0 Å². The van der Waals surface area contributed by atoms with Gasteiger partial charge in [-0.25, -0.2) is 0 Å². The molecule has 0 aliphatic carbocycles. The second-order valence-corrected chi connectivity index (χ2v) is 17.2. The Morgan fingerprint density at radius 2 is 0.696 bits per heavy atom. The molecule has 0 aromatic rings. The lowest BCUT2D eigenvalue weighted by atomic mass is 10.0. The second kappa shape index (κ2) is 48.0. The molecule has 0 saturated heterocycles. The van der Waals surface area contributed by atoms with Gasteiger partial charge in [0.15, 0.2) is 0 Å². The average molecular weight is 786 g/mol. The Labute approximate surface area is 351 Å². The van der Waals surface area contributed by atoms with Crippen LogP contribution in [0.4, 0.5) is 0 Å². The number of hydrogen-bond acceptors (Lipinski definition) is 3. The van der Waals surface area contributed by atoms with E-state index in [-0.39, 0.29) is 12.5 Å². The number of unbranched alkanes of at least 4 members (excludes halogenated alkanes) is 35. The smallest absolute Gasteiger partial charge is 0.220 e. The van der Waals surface area contributed by atoms with Crippen molar-refractivity contribution >= 4 is 5.91 Å². The fraction of sp³-hybridized carbons (Fsp3) is 0.865. The Morgan fingerprint density at radius 1 is 0.411 bits per heavy atom. The summed E-state index contributed by atoms with van der Waals surface area (Å²) in [5.41, 5.74) is 0. The first kappa shape index (κ1) is 54.6. The van der Waals surface area contributed by atoms with Gasteiger partial charge in [-0.05, 0) is 44.9 Å². The SMILES string of the molecule is CCCCCCCCCCCCCCCCC/C=C/CC/C=C/CC/C=C/C(O)C(CO)NC(=O)CCCCCCCCCCCCCCCCCCCCC. The Balaban J connectivity index is 3.57. The maximum absolute atomic E-state index is 12.4. The summed E-state index contributed by atoms with van der Waals surface area (Å²) in [5, 5.41) is 23.1. The lowest BCUT2D eigenvalue weighted by molar-refractivity contribution is -0.123. The fourth-order valence-electron chi connectivity index (χ4n) is 7.74. The van der Waals surface area contributed by atoms with Gasteiger partial charge in [-0.15, -0.1) is 0 Å². The van der Waals surface area contributed by atoms with Gasteiger partial charge in [0.25, 0.3) is 0 Å². The third-order valence-electron chi connectivity index (χ3n) is 11.6. The Kier molecular flexibility index (Phi) is 46.8. The summed E-state index contributed by atoms with van der Waals surface area (Å²) in [6.45, 7) is 4.32.